The number of carbonyl (C=O) groups excluding carboxylic acids is 1. The van der Waals surface area contributed by atoms with Gasteiger partial charge in [-0.05, 0) is 30.3 Å². The van der Waals surface area contributed by atoms with E-state index in [2.05, 4.69) is 10.3 Å². The van der Waals surface area contributed by atoms with E-state index < -0.39 is 6.17 Å². The molecule has 3 aromatic carbocycles. The highest BCUT2D eigenvalue weighted by Crippen LogP contribution is 2.42. The quantitative estimate of drug-likeness (QED) is 0.511. The zero-order valence-corrected chi connectivity index (χ0v) is 17.2. The summed E-state index contributed by atoms with van der Waals surface area (Å²) < 4.78 is 11.0. The van der Waals surface area contributed by atoms with Crippen molar-refractivity contribution in [2.45, 2.75) is 6.17 Å². The van der Waals surface area contributed by atoms with Crippen molar-refractivity contribution in [3.8, 4) is 11.5 Å². The normalized spacial score (nSPS) is 15.4. The lowest BCUT2D eigenvalue weighted by atomic mass is 10.00. The van der Waals surface area contributed by atoms with Crippen LogP contribution in [0.25, 0.3) is 10.9 Å². The molecule has 0 bridgehead atoms. The minimum atomic E-state index is -0.469. The lowest BCUT2D eigenvalue weighted by molar-refractivity contribution is 0.0974. The number of hydrogen-bond acceptors (Lipinski definition) is 5. The number of hydrogen-bond donors (Lipinski definition) is 1. The average molecular weight is 411 g/mol. The second-order valence-electron chi connectivity index (χ2n) is 7.23. The summed E-state index contributed by atoms with van der Waals surface area (Å²) in [6.07, 6.45) is 1.30. The third kappa shape index (κ3) is 3.13. The van der Waals surface area contributed by atoms with Gasteiger partial charge in [0, 0.05) is 28.9 Å². The number of benzene rings is 3. The molecular formula is C25H21N3O3. The first-order valence-corrected chi connectivity index (χ1v) is 9.96. The van der Waals surface area contributed by atoms with E-state index >= 15 is 0 Å². The molecule has 0 saturated carbocycles. The molecule has 1 aliphatic rings. The van der Waals surface area contributed by atoms with Crippen molar-refractivity contribution in [2.75, 3.05) is 24.4 Å². The van der Waals surface area contributed by atoms with Crippen molar-refractivity contribution in [3.63, 3.8) is 0 Å². The van der Waals surface area contributed by atoms with Crippen LogP contribution in [0.5, 0.6) is 11.5 Å². The summed E-state index contributed by atoms with van der Waals surface area (Å²) in [6, 6.07) is 22.9. The van der Waals surface area contributed by atoms with Gasteiger partial charge in [0.05, 0.1) is 31.0 Å². The Morgan fingerprint density at radius 3 is 2.61 bits per heavy atom. The predicted molar refractivity (Wildman–Crippen MR) is 121 cm³/mol. The molecule has 0 aliphatic carbocycles. The zero-order chi connectivity index (χ0) is 21.4. The lowest BCUT2D eigenvalue weighted by Crippen LogP contribution is -2.43. The first-order valence-electron chi connectivity index (χ1n) is 9.96. The Hall–Kier alpha value is -4.06. The van der Waals surface area contributed by atoms with Crippen molar-refractivity contribution < 1.29 is 14.3 Å². The standard InChI is InChI=1S/C25H21N3O3/c1-30-17-12-13-21(22(15-17)31-2)28-24(27-20-11-4-3-9-18(20)25(28)29)19-10-5-7-16-8-6-14-26-23(16)19/h3-15,24,27H,1-2H3. The van der Waals surface area contributed by atoms with Crippen LogP contribution in [-0.4, -0.2) is 25.1 Å². The summed E-state index contributed by atoms with van der Waals surface area (Å²) in [7, 11) is 3.19. The van der Waals surface area contributed by atoms with Crippen LogP contribution < -0.4 is 19.7 Å². The number of fused-ring (bicyclic) bond motifs is 2. The molecule has 0 fully saturated rings. The van der Waals surface area contributed by atoms with Crippen LogP contribution in [0.3, 0.4) is 0 Å². The Bertz CT molecular complexity index is 1280. The van der Waals surface area contributed by atoms with Crippen molar-refractivity contribution in [3.05, 3.63) is 90.1 Å². The van der Waals surface area contributed by atoms with Gasteiger partial charge < -0.3 is 14.8 Å². The molecule has 1 aliphatic heterocycles. The molecule has 1 atom stereocenters. The molecule has 6 nitrogen and oxygen atoms in total. The predicted octanol–water partition coefficient (Wildman–Crippen LogP) is 5.02. The number of amides is 1. The number of aromatic nitrogens is 1. The maximum atomic E-state index is 13.7. The highest BCUT2D eigenvalue weighted by molar-refractivity contribution is 6.13. The van der Waals surface area contributed by atoms with Gasteiger partial charge in [-0.3, -0.25) is 14.7 Å². The third-order valence-corrected chi connectivity index (χ3v) is 5.53. The number of anilines is 2. The number of pyridine rings is 1. The summed E-state index contributed by atoms with van der Waals surface area (Å²) in [5.41, 5.74) is 3.78. The molecule has 5 rings (SSSR count). The van der Waals surface area contributed by atoms with Crippen molar-refractivity contribution >= 4 is 28.2 Å². The number of para-hydroxylation sites is 2. The van der Waals surface area contributed by atoms with Gasteiger partial charge in [0.1, 0.15) is 17.7 Å². The summed E-state index contributed by atoms with van der Waals surface area (Å²) in [4.78, 5) is 20.1. The fourth-order valence-electron chi connectivity index (χ4n) is 4.05. The van der Waals surface area contributed by atoms with Gasteiger partial charge >= 0.3 is 0 Å². The second kappa shape index (κ2) is 7.65. The van der Waals surface area contributed by atoms with Crippen LogP contribution in [-0.2, 0) is 0 Å². The van der Waals surface area contributed by atoms with Gasteiger partial charge in [-0.2, -0.15) is 0 Å². The molecule has 2 heterocycles. The summed E-state index contributed by atoms with van der Waals surface area (Å²) >= 11 is 0. The van der Waals surface area contributed by atoms with Gasteiger partial charge in [0.25, 0.3) is 5.91 Å². The van der Waals surface area contributed by atoms with Gasteiger partial charge in [0.2, 0.25) is 0 Å². The molecular weight excluding hydrogens is 390 g/mol. The van der Waals surface area contributed by atoms with Crippen LogP contribution in [0.1, 0.15) is 22.1 Å². The van der Waals surface area contributed by atoms with Crippen LogP contribution in [0, 0.1) is 0 Å². The topological polar surface area (TPSA) is 63.7 Å². The number of rotatable bonds is 4. The highest BCUT2D eigenvalue weighted by atomic mass is 16.5. The number of nitrogens with one attached hydrogen (secondary N) is 1. The molecule has 0 radical (unpaired) electrons. The number of nitrogens with zero attached hydrogens (tertiary/aromatic N) is 2. The minimum Gasteiger partial charge on any atom is -0.497 e. The first-order chi connectivity index (χ1) is 15.2. The summed E-state index contributed by atoms with van der Waals surface area (Å²) in [6.45, 7) is 0. The van der Waals surface area contributed by atoms with Gasteiger partial charge in [-0.1, -0.05) is 36.4 Å². The van der Waals surface area contributed by atoms with Crippen molar-refractivity contribution in [1.82, 2.24) is 4.98 Å². The first kappa shape index (κ1) is 18.9. The number of methoxy groups -OCH3 is 2. The summed E-state index contributed by atoms with van der Waals surface area (Å²) in [5.74, 6) is 1.09. The zero-order valence-electron chi connectivity index (χ0n) is 17.2. The van der Waals surface area contributed by atoms with E-state index in [4.69, 9.17) is 9.47 Å². The number of carbonyl (C=O) groups is 1. The molecule has 4 aromatic rings. The molecule has 0 saturated heterocycles. The molecule has 1 unspecified atom stereocenters. The maximum Gasteiger partial charge on any atom is 0.262 e. The van der Waals surface area contributed by atoms with E-state index in [9.17, 15) is 4.79 Å². The largest absolute Gasteiger partial charge is 0.497 e. The molecule has 0 spiro atoms. The van der Waals surface area contributed by atoms with Crippen molar-refractivity contribution in [1.29, 1.82) is 0 Å². The van der Waals surface area contributed by atoms with Crippen LogP contribution in [0.15, 0.2) is 79.0 Å². The van der Waals surface area contributed by atoms with Gasteiger partial charge in [0.15, 0.2) is 0 Å². The van der Waals surface area contributed by atoms with Gasteiger partial charge in [-0.15, -0.1) is 0 Å². The van der Waals surface area contributed by atoms with E-state index in [1.165, 1.54) is 0 Å². The Labute approximate surface area is 180 Å². The lowest BCUT2D eigenvalue weighted by Gasteiger charge is -2.38. The number of ether oxygens (including phenoxy) is 2. The molecule has 31 heavy (non-hydrogen) atoms. The van der Waals surface area contributed by atoms with E-state index in [1.807, 2.05) is 66.7 Å². The fraction of sp³-hybridized carbons (Fsp3) is 0.120. The minimum absolute atomic E-state index is 0.115. The molecule has 6 heteroatoms. The third-order valence-electron chi connectivity index (χ3n) is 5.53. The molecule has 1 N–H and O–H groups in total. The second-order valence-corrected chi connectivity index (χ2v) is 7.23. The fourth-order valence-corrected chi connectivity index (χ4v) is 4.05. The molecule has 154 valence electrons. The smallest absolute Gasteiger partial charge is 0.262 e. The Morgan fingerprint density at radius 1 is 0.935 bits per heavy atom. The van der Waals surface area contributed by atoms with Gasteiger partial charge in [-0.25, -0.2) is 0 Å². The van der Waals surface area contributed by atoms with E-state index in [1.54, 1.807) is 31.4 Å². The van der Waals surface area contributed by atoms with Crippen molar-refractivity contribution in [2.24, 2.45) is 0 Å². The van der Waals surface area contributed by atoms with E-state index in [-0.39, 0.29) is 5.91 Å². The monoisotopic (exact) mass is 411 g/mol. The molecule has 1 amide bonds. The molecule has 1 aromatic heterocycles. The Balaban J connectivity index is 1.74. The van der Waals surface area contributed by atoms with E-state index in [0.29, 0.717) is 22.7 Å². The SMILES string of the molecule is COc1ccc(N2C(=O)c3ccccc3NC2c2cccc3cccnc23)c(OC)c1. The highest BCUT2D eigenvalue weighted by Gasteiger charge is 2.36. The average Bonchev–Trinajstić information content (AvgIpc) is 2.83. The summed E-state index contributed by atoms with van der Waals surface area (Å²) in [5, 5.41) is 4.55. The van der Waals surface area contributed by atoms with E-state index in [0.717, 1.165) is 22.2 Å². The Morgan fingerprint density at radius 2 is 1.77 bits per heavy atom. The maximum absolute atomic E-state index is 13.7. The Kier molecular flexibility index (Phi) is 4.67. The van der Waals surface area contributed by atoms with Crippen LogP contribution in [0.2, 0.25) is 0 Å². The van der Waals surface area contributed by atoms with Crippen LogP contribution >= 0.6 is 0 Å². The van der Waals surface area contributed by atoms with Crippen LogP contribution in [0.4, 0.5) is 11.4 Å².